The summed E-state index contributed by atoms with van der Waals surface area (Å²) in [5.74, 6) is 0.680. The van der Waals surface area contributed by atoms with Crippen molar-refractivity contribution in [3.63, 3.8) is 0 Å². The van der Waals surface area contributed by atoms with E-state index in [2.05, 4.69) is 10.2 Å². The van der Waals surface area contributed by atoms with Crippen molar-refractivity contribution in [1.29, 1.82) is 0 Å². The minimum atomic E-state index is 0.0336. The number of hydrogen-bond donors (Lipinski definition) is 2. The topological polar surface area (TPSA) is 80.2 Å². The summed E-state index contributed by atoms with van der Waals surface area (Å²) in [6, 6.07) is 12.0. The van der Waals surface area contributed by atoms with Crippen LogP contribution in [0.15, 0.2) is 52.7 Å². The fourth-order valence-electron chi connectivity index (χ4n) is 1.43. The van der Waals surface area contributed by atoms with Gasteiger partial charge in [0.2, 0.25) is 0 Å². The monoisotopic (exact) mass is 243 g/mol. The lowest BCUT2D eigenvalue weighted by Crippen LogP contribution is -1.84. The number of nitrogen functional groups attached to an aromatic ring is 1. The molecular formula is C13H13N3O2. The highest BCUT2D eigenvalue weighted by Gasteiger charge is 2.00. The highest BCUT2D eigenvalue weighted by molar-refractivity contribution is 5.59. The van der Waals surface area contributed by atoms with Crippen molar-refractivity contribution >= 4 is 17.1 Å². The smallest absolute Gasteiger partial charge is 0.146 e. The van der Waals surface area contributed by atoms with E-state index in [-0.39, 0.29) is 11.4 Å². The van der Waals surface area contributed by atoms with Gasteiger partial charge in [-0.15, -0.1) is 5.11 Å². The molecule has 0 aliphatic rings. The van der Waals surface area contributed by atoms with Gasteiger partial charge in [-0.1, -0.05) is 12.1 Å². The van der Waals surface area contributed by atoms with Gasteiger partial charge >= 0.3 is 0 Å². The van der Waals surface area contributed by atoms with Gasteiger partial charge in [0, 0.05) is 0 Å². The Morgan fingerprint density at radius 1 is 1.11 bits per heavy atom. The van der Waals surface area contributed by atoms with Crippen LogP contribution in [-0.2, 0) is 0 Å². The molecule has 5 heteroatoms. The summed E-state index contributed by atoms with van der Waals surface area (Å²) in [5, 5.41) is 17.4. The molecule has 3 N–H and O–H groups in total. The molecular weight excluding hydrogens is 230 g/mol. The maximum atomic E-state index is 9.29. The summed E-state index contributed by atoms with van der Waals surface area (Å²) in [6.45, 7) is 0. The normalized spacial score (nSPS) is 10.7. The number of rotatable bonds is 3. The van der Waals surface area contributed by atoms with Crippen LogP contribution in [0.25, 0.3) is 0 Å². The summed E-state index contributed by atoms with van der Waals surface area (Å²) in [7, 11) is 1.58. The van der Waals surface area contributed by atoms with E-state index < -0.39 is 0 Å². The van der Waals surface area contributed by atoms with Crippen LogP contribution in [0.1, 0.15) is 0 Å². The van der Waals surface area contributed by atoms with Crippen molar-refractivity contribution in [3.8, 4) is 11.5 Å². The Bertz CT molecular complexity index is 582. The van der Waals surface area contributed by atoms with Gasteiger partial charge in [0.15, 0.2) is 0 Å². The Morgan fingerprint density at radius 2 is 1.89 bits per heavy atom. The molecule has 0 amide bonds. The first-order valence-corrected chi connectivity index (χ1v) is 5.34. The Balaban J connectivity index is 2.27. The Labute approximate surface area is 105 Å². The second kappa shape index (κ2) is 5.18. The molecule has 0 radical (unpaired) electrons. The molecule has 2 rings (SSSR count). The van der Waals surface area contributed by atoms with Gasteiger partial charge in [-0.25, -0.2) is 0 Å². The second-order valence-electron chi connectivity index (χ2n) is 3.61. The van der Waals surface area contributed by atoms with Crippen LogP contribution in [0, 0.1) is 0 Å². The van der Waals surface area contributed by atoms with Crippen molar-refractivity contribution in [2.45, 2.75) is 0 Å². The van der Waals surface area contributed by atoms with Crippen LogP contribution in [0.2, 0.25) is 0 Å². The molecule has 0 bridgehead atoms. The number of phenolic OH excluding ortho intramolecular Hbond substituents is 1. The average molecular weight is 243 g/mol. The molecule has 0 atom stereocenters. The average Bonchev–Trinajstić information content (AvgIpc) is 2.40. The summed E-state index contributed by atoms with van der Waals surface area (Å²) < 4.78 is 5.16. The lowest BCUT2D eigenvalue weighted by atomic mass is 10.2. The SMILES string of the molecule is COc1ccccc1N=Nc1ccc(O)c(N)c1. The molecule has 0 spiro atoms. The van der Waals surface area contributed by atoms with E-state index in [1.54, 1.807) is 31.4 Å². The number of methoxy groups -OCH3 is 1. The molecule has 2 aromatic rings. The van der Waals surface area contributed by atoms with E-state index in [4.69, 9.17) is 10.5 Å². The first kappa shape index (κ1) is 11.9. The number of azo groups is 1. The maximum absolute atomic E-state index is 9.29. The zero-order valence-corrected chi connectivity index (χ0v) is 9.87. The van der Waals surface area contributed by atoms with Crippen LogP contribution >= 0.6 is 0 Å². The van der Waals surface area contributed by atoms with E-state index >= 15 is 0 Å². The summed E-state index contributed by atoms with van der Waals surface area (Å²) in [5.41, 5.74) is 7.04. The molecule has 0 fully saturated rings. The van der Waals surface area contributed by atoms with Gasteiger partial charge in [0.05, 0.1) is 18.5 Å². The van der Waals surface area contributed by atoms with Gasteiger partial charge in [-0.3, -0.25) is 0 Å². The van der Waals surface area contributed by atoms with E-state index in [0.717, 1.165) is 0 Å². The van der Waals surface area contributed by atoms with Crippen LogP contribution in [0.4, 0.5) is 17.1 Å². The number of phenols is 1. The second-order valence-corrected chi connectivity index (χ2v) is 3.61. The van der Waals surface area contributed by atoms with Gasteiger partial charge in [-0.2, -0.15) is 5.11 Å². The Hall–Kier alpha value is -2.56. The van der Waals surface area contributed by atoms with Crippen molar-refractivity contribution < 1.29 is 9.84 Å². The lowest BCUT2D eigenvalue weighted by Gasteiger charge is -2.02. The van der Waals surface area contributed by atoms with E-state index in [1.165, 1.54) is 6.07 Å². The van der Waals surface area contributed by atoms with E-state index in [1.807, 2.05) is 12.1 Å². The predicted octanol–water partition coefficient (Wildman–Crippen LogP) is 3.40. The Kier molecular flexibility index (Phi) is 3.43. The highest BCUT2D eigenvalue weighted by atomic mass is 16.5. The quantitative estimate of drug-likeness (QED) is 0.492. The van der Waals surface area contributed by atoms with Gasteiger partial charge in [0.25, 0.3) is 0 Å². The number of hydrogen-bond acceptors (Lipinski definition) is 5. The standard InChI is InChI=1S/C13H13N3O2/c1-18-13-5-3-2-4-11(13)16-15-9-6-7-12(17)10(14)8-9/h2-8,17H,14H2,1H3. The molecule has 0 heterocycles. The molecule has 5 nitrogen and oxygen atoms in total. The molecule has 0 aliphatic carbocycles. The van der Waals surface area contributed by atoms with Crippen molar-refractivity contribution in [3.05, 3.63) is 42.5 Å². The van der Waals surface area contributed by atoms with Crippen molar-refractivity contribution in [2.75, 3.05) is 12.8 Å². The van der Waals surface area contributed by atoms with E-state index in [0.29, 0.717) is 17.1 Å². The minimum absolute atomic E-state index is 0.0336. The molecule has 0 saturated heterocycles. The van der Waals surface area contributed by atoms with E-state index in [9.17, 15) is 5.11 Å². The number of para-hydroxylation sites is 1. The van der Waals surface area contributed by atoms with Gasteiger partial charge in [0.1, 0.15) is 17.2 Å². The van der Waals surface area contributed by atoms with Crippen LogP contribution in [0.5, 0.6) is 11.5 Å². The third-order valence-electron chi connectivity index (χ3n) is 2.37. The molecule has 92 valence electrons. The number of ether oxygens (including phenoxy) is 1. The zero-order valence-electron chi connectivity index (χ0n) is 9.87. The number of nitrogens with zero attached hydrogens (tertiary/aromatic N) is 2. The summed E-state index contributed by atoms with van der Waals surface area (Å²) in [6.07, 6.45) is 0. The van der Waals surface area contributed by atoms with Gasteiger partial charge in [-0.05, 0) is 30.3 Å². The Morgan fingerprint density at radius 3 is 2.61 bits per heavy atom. The number of anilines is 1. The summed E-state index contributed by atoms with van der Waals surface area (Å²) >= 11 is 0. The fraction of sp³-hybridized carbons (Fsp3) is 0.0769. The molecule has 2 aromatic carbocycles. The molecule has 0 unspecified atom stereocenters. The van der Waals surface area contributed by atoms with Crippen molar-refractivity contribution in [1.82, 2.24) is 0 Å². The molecule has 0 saturated carbocycles. The summed E-state index contributed by atoms with van der Waals surface area (Å²) in [4.78, 5) is 0. The van der Waals surface area contributed by atoms with Crippen LogP contribution in [0.3, 0.4) is 0 Å². The lowest BCUT2D eigenvalue weighted by molar-refractivity contribution is 0.416. The fourth-order valence-corrected chi connectivity index (χ4v) is 1.43. The first-order valence-electron chi connectivity index (χ1n) is 5.34. The maximum Gasteiger partial charge on any atom is 0.146 e. The van der Waals surface area contributed by atoms with Crippen LogP contribution in [-0.4, -0.2) is 12.2 Å². The predicted molar refractivity (Wildman–Crippen MR) is 69.7 cm³/mol. The molecule has 18 heavy (non-hydrogen) atoms. The minimum Gasteiger partial charge on any atom is -0.506 e. The number of aromatic hydroxyl groups is 1. The first-order chi connectivity index (χ1) is 8.70. The van der Waals surface area contributed by atoms with Gasteiger partial charge < -0.3 is 15.6 Å². The van der Waals surface area contributed by atoms with Crippen LogP contribution < -0.4 is 10.5 Å². The third-order valence-corrected chi connectivity index (χ3v) is 2.37. The third kappa shape index (κ3) is 2.57. The largest absolute Gasteiger partial charge is 0.506 e. The number of benzene rings is 2. The number of nitrogens with two attached hydrogens (primary N) is 1. The molecule has 0 aromatic heterocycles. The molecule has 0 aliphatic heterocycles. The zero-order chi connectivity index (χ0) is 13.0. The van der Waals surface area contributed by atoms with Crippen molar-refractivity contribution in [2.24, 2.45) is 10.2 Å². The highest BCUT2D eigenvalue weighted by Crippen LogP contribution is 2.30.